The summed E-state index contributed by atoms with van der Waals surface area (Å²) < 4.78 is 12.2. The molecule has 3 nitrogen and oxygen atoms in total. The summed E-state index contributed by atoms with van der Waals surface area (Å²) in [6, 6.07) is 10.4. The van der Waals surface area contributed by atoms with E-state index >= 15 is 0 Å². The minimum Gasteiger partial charge on any atom is -0.375 e. The van der Waals surface area contributed by atoms with E-state index in [1.807, 2.05) is 6.07 Å². The fraction of sp³-hybridized carbons (Fsp3) is 0.684. The number of hydrogen-bond donors (Lipinski definition) is 1. The van der Waals surface area contributed by atoms with Crippen LogP contribution in [0.4, 0.5) is 0 Å². The zero-order valence-electron chi connectivity index (χ0n) is 13.3. The van der Waals surface area contributed by atoms with E-state index in [9.17, 15) is 0 Å². The molecule has 1 aliphatic heterocycles. The molecule has 2 aliphatic carbocycles. The molecule has 1 aromatic carbocycles. The molecule has 1 N–H and O–H groups in total. The third-order valence-corrected chi connectivity index (χ3v) is 5.75. The highest BCUT2D eigenvalue weighted by Gasteiger charge is 2.46. The first-order valence-electron chi connectivity index (χ1n) is 8.83. The maximum atomic E-state index is 6.23. The van der Waals surface area contributed by atoms with Gasteiger partial charge in [0.25, 0.3) is 0 Å². The van der Waals surface area contributed by atoms with Crippen LogP contribution in [0, 0.1) is 5.41 Å². The molecule has 120 valence electrons. The molecule has 3 aliphatic rings. The SMILES string of the molecule is c1ccc(COC2CC(OC3CC4(CCNCC4)C3)C2)cc1. The van der Waals surface area contributed by atoms with Crippen LogP contribution in [0.15, 0.2) is 30.3 Å². The molecule has 3 heteroatoms. The number of nitrogens with one attached hydrogen (secondary N) is 1. The van der Waals surface area contributed by atoms with Crippen molar-refractivity contribution in [1.29, 1.82) is 0 Å². The largest absolute Gasteiger partial charge is 0.375 e. The Kier molecular flexibility index (Phi) is 4.21. The van der Waals surface area contributed by atoms with E-state index in [0.29, 0.717) is 23.7 Å². The summed E-state index contributed by atoms with van der Waals surface area (Å²) in [7, 11) is 0. The van der Waals surface area contributed by atoms with Crippen molar-refractivity contribution in [3.63, 3.8) is 0 Å². The molecular formula is C19H27NO2. The molecule has 2 saturated carbocycles. The van der Waals surface area contributed by atoms with Crippen molar-refractivity contribution < 1.29 is 9.47 Å². The van der Waals surface area contributed by atoms with Gasteiger partial charge in [-0.2, -0.15) is 0 Å². The lowest BCUT2D eigenvalue weighted by Gasteiger charge is -2.52. The maximum absolute atomic E-state index is 6.23. The summed E-state index contributed by atoms with van der Waals surface area (Å²) in [4.78, 5) is 0. The van der Waals surface area contributed by atoms with E-state index in [1.165, 1.54) is 44.3 Å². The molecule has 3 fully saturated rings. The standard InChI is InChI=1S/C19H27NO2/c1-2-4-15(5-3-1)14-21-16-10-17(11-16)22-18-12-19(13-18)6-8-20-9-7-19/h1-5,16-18,20H,6-14H2. The molecule has 22 heavy (non-hydrogen) atoms. The van der Waals surface area contributed by atoms with Crippen LogP contribution in [0.5, 0.6) is 0 Å². The fourth-order valence-corrected chi connectivity index (χ4v) is 4.19. The number of hydrogen-bond acceptors (Lipinski definition) is 3. The van der Waals surface area contributed by atoms with Gasteiger partial charge >= 0.3 is 0 Å². The maximum Gasteiger partial charge on any atom is 0.0720 e. The topological polar surface area (TPSA) is 30.5 Å². The summed E-state index contributed by atoms with van der Waals surface area (Å²) in [5.74, 6) is 0. The van der Waals surface area contributed by atoms with Crippen LogP contribution in [0.3, 0.4) is 0 Å². The molecule has 1 saturated heterocycles. The Bertz CT molecular complexity index is 469. The van der Waals surface area contributed by atoms with Gasteiger partial charge in [0.2, 0.25) is 0 Å². The Hall–Kier alpha value is -0.900. The van der Waals surface area contributed by atoms with E-state index in [4.69, 9.17) is 9.47 Å². The highest BCUT2D eigenvalue weighted by molar-refractivity contribution is 5.13. The fourth-order valence-electron chi connectivity index (χ4n) is 4.19. The van der Waals surface area contributed by atoms with Gasteiger partial charge < -0.3 is 14.8 Å². The number of benzene rings is 1. The number of piperidine rings is 1. The van der Waals surface area contributed by atoms with E-state index in [0.717, 1.165) is 19.4 Å². The Labute approximate surface area is 133 Å². The Morgan fingerprint density at radius 1 is 0.955 bits per heavy atom. The second-order valence-electron chi connectivity index (χ2n) is 7.43. The predicted octanol–water partition coefficient (Wildman–Crippen LogP) is 3.28. The van der Waals surface area contributed by atoms with Crippen molar-refractivity contribution in [2.24, 2.45) is 5.41 Å². The summed E-state index contributed by atoms with van der Waals surface area (Å²) >= 11 is 0. The summed E-state index contributed by atoms with van der Waals surface area (Å²) in [6.07, 6.45) is 8.82. The second-order valence-corrected chi connectivity index (χ2v) is 7.43. The van der Waals surface area contributed by atoms with Crippen molar-refractivity contribution in [2.75, 3.05) is 13.1 Å². The van der Waals surface area contributed by atoms with Gasteiger partial charge in [0, 0.05) is 0 Å². The van der Waals surface area contributed by atoms with Gasteiger partial charge in [-0.3, -0.25) is 0 Å². The molecular weight excluding hydrogens is 274 g/mol. The zero-order chi connectivity index (χ0) is 14.8. The molecule has 0 bridgehead atoms. The summed E-state index contributed by atoms with van der Waals surface area (Å²) in [5.41, 5.74) is 1.89. The van der Waals surface area contributed by atoms with Gasteiger partial charge in [0.15, 0.2) is 0 Å². The molecule has 0 radical (unpaired) electrons. The van der Waals surface area contributed by atoms with E-state index in [2.05, 4.69) is 29.6 Å². The lowest BCUT2D eigenvalue weighted by Crippen LogP contribution is -2.51. The molecule has 0 amide bonds. The van der Waals surface area contributed by atoms with Gasteiger partial charge in [-0.25, -0.2) is 0 Å². The normalized spacial score (nSPS) is 30.7. The first-order chi connectivity index (χ1) is 10.8. The molecule has 1 aromatic rings. The number of rotatable bonds is 5. The van der Waals surface area contributed by atoms with Gasteiger partial charge in [-0.15, -0.1) is 0 Å². The van der Waals surface area contributed by atoms with E-state index < -0.39 is 0 Å². The van der Waals surface area contributed by atoms with Gasteiger partial charge in [0.1, 0.15) is 0 Å². The Balaban J connectivity index is 1.12. The van der Waals surface area contributed by atoms with E-state index in [-0.39, 0.29) is 0 Å². The Morgan fingerprint density at radius 3 is 2.41 bits per heavy atom. The van der Waals surface area contributed by atoms with Crippen molar-refractivity contribution >= 4 is 0 Å². The van der Waals surface area contributed by atoms with Gasteiger partial charge in [0.05, 0.1) is 24.9 Å². The van der Waals surface area contributed by atoms with Crippen molar-refractivity contribution in [1.82, 2.24) is 5.32 Å². The molecule has 0 unspecified atom stereocenters. The molecule has 0 atom stereocenters. The zero-order valence-corrected chi connectivity index (χ0v) is 13.3. The van der Waals surface area contributed by atoms with Gasteiger partial charge in [-0.05, 0) is 62.6 Å². The van der Waals surface area contributed by atoms with Gasteiger partial charge in [-0.1, -0.05) is 30.3 Å². The lowest BCUT2D eigenvalue weighted by atomic mass is 9.61. The third-order valence-electron chi connectivity index (χ3n) is 5.75. The van der Waals surface area contributed by atoms with E-state index in [1.54, 1.807) is 0 Å². The van der Waals surface area contributed by atoms with Crippen LogP contribution in [0.1, 0.15) is 44.1 Å². The van der Waals surface area contributed by atoms with Crippen LogP contribution in [-0.2, 0) is 16.1 Å². The van der Waals surface area contributed by atoms with Crippen molar-refractivity contribution in [2.45, 2.75) is 63.4 Å². The third kappa shape index (κ3) is 3.22. The average Bonchev–Trinajstić information content (AvgIpc) is 2.49. The molecule has 0 aromatic heterocycles. The Morgan fingerprint density at radius 2 is 1.68 bits per heavy atom. The summed E-state index contributed by atoms with van der Waals surface area (Å²) in [6.45, 7) is 3.13. The predicted molar refractivity (Wildman–Crippen MR) is 86.7 cm³/mol. The first kappa shape index (κ1) is 14.7. The van der Waals surface area contributed by atoms with Crippen LogP contribution in [-0.4, -0.2) is 31.4 Å². The minimum absolute atomic E-state index is 0.401. The highest BCUT2D eigenvalue weighted by Crippen LogP contribution is 2.50. The molecule has 4 rings (SSSR count). The van der Waals surface area contributed by atoms with Crippen molar-refractivity contribution in [3.8, 4) is 0 Å². The van der Waals surface area contributed by atoms with Crippen LogP contribution in [0.2, 0.25) is 0 Å². The van der Waals surface area contributed by atoms with Crippen LogP contribution < -0.4 is 5.32 Å². The van der Waals surface area contributed by atoms with Crippen LogP contribution in [0.25, 0.3) is 0 Å². The van der Waals surface area contributed by atoms with Crippen molar-refractivity contribution in [3.05, 3.63) is 35.9 Å². The first-order valence-corrected chi connectivity index (χ1v) is 8.83. The molecule has 1 heterocycles. The molecule has 1 spiro atoms. The summed E-state index contributed by atoms with van der Waals surface area (Å²) in [5, 5.41) is 3.46. The smallest absolute Gasteiger partial charge is 0.0720 e. The second kappa shape index (κ2) is 6.31. The lowest BCUT2D eigenvalue weighted by molar-refractivity contribution is -0.176. The number of ether oxygens (including phenoxy) is 2. The highest BCUT2D eigenvalue weighted by atomic mass is 16.5. The average molecular weight is 301 g/mol. The quantitative estimate of drug-likeness (QED) is 0.905. The minimum atomic E-state index is 0.401. The van der Waals surface area contributed by atoms with Crippen LogP contribution >= 0.6 is 0 Å². The monoisotopic (exact) mass is 301 g/mol.